The predicted octanol–water partition coefficient (Wildman–Crippen LogP) is 2.60. The van der Waals surface area contributed by atoms with Gasteiger partial charge in [-0.05, 0) is 43.4 Å². The molecule has 1 saturated carbocycles. The molecule has 16 heavy (non-hydrogen) atoms. The maximum Gasteiger partial charge on any atom is 0.0364 e. The molecule has 0 amide bonds. The second-order valence-corrected chi connectivity index (χ2v) is 5.23. The SMILES string of the molecule is CSc1ccc(N(C)CCNC2CC2)cc1. The van der Waals surface area contributed by atoms with Crippen LogP contribution in [0, 0.1) is 0 Å². The zero-order valence-corrected chi connectivity index (χ0v) is 10.9. The van der Waals surface area contributed by atoms with Gasteiger partial charge in [-0.25, -0.2) is 0 Å². The average molecular weight is 236 g/mol. The van der Waals surface area contributed by atoms with Crippen molar-refractivity contribution in [3.8, 4) is 0 Å². The number of nitrogens with zero attached hydrogens (tertiary/aromatic N) is 1. The second kappa shape index (κ2) is 5.60. The first-order valence-electron chi connectivity index (χ1n) is 5.88. The van der Waals surface area contributed by atoms with Gasteiger partial charge < -0.3 is 10.2 Å². The minimum atomic E-state index is 0.812. The summed E-state index contributed by atoms with van der Waals surface area (Å²) in [5.74, 6) is 0. The first-order valence-corrected chi connectivity index (χ1v) is 7.10. The van der Waals surface area contributed by atoms with Crippen LogP contribution >= 0.6 is 11.8 Å². The summed E-state index contributed by atoms with van der Waals surface area (Å²) in [5.41, 5.74) is 1.30. The highest BCUT2D eigenvalue weighted by molar-refractivity contribution is 7.98. The molecule has 0 radical (unpaired) electrons. The van der Waals surface area contributed by atoms with Crippen molar-refractivity contribution in [2.45, 2.75) is 23.8 Å². The maximum atomic E-state index is 3.53. The third kappa shape index (κ3) is 3.42. The smallest absolute Gasteiger partial charge is 0.0364 e. The Morgan fingerprint density at radius 3 is 2.56 bits per heavy atom. The molecular weight excluding hydrogens is 216 g/mol. The Balaban J connectivity index is 1.79. The number of hydrogen-bond acceptors (Lipinski definition) is 3. The van der Waals surface area contributed by atoms with Crippen molar-refractivity contribution < 1.29 is 0 Å². The minimum Gasteiger partial charge on any atom is -0.373 e. The van der Waals surface area contributed by atoms with Crippen molar-refractivity contribution in [2.24, 2.45) is 0 Å². The van der Waals surface area contributed by atoms with Gasteiger partial charge in [0.25, 0.3) is 0 Å². The molecule has 1 aliphatic carbocycles. The molecule has 2 nitrogen and oxygen atoms in total. The number of rotatable bonds is 6. The first-order chi connectivity index (χ1) is 7.79. The third-order valence-electron chi connectivity index (χ3n) is 2.97. The van der Waals surface area contributed by atoms with E-state index in [2.05, 4.69) is 47.8 Å². The Kier molecular flexibility index (Phi) is 4.13. The topological polar surface area (TPSA) is 15.3 Å². The molecule has 0 spiro atoms. The van der Waals surface area contributed by atoms with E-state index < -0.39 is 0 Å². The van der Waals surface area contributed by atoms with Gasteiger partial charge in [-0.15, -0.1) is 11.8 Å². The van der Waals surface area contributed by atoms with Gasteiger partial charge in [-0.1, -0.05) is 0 Å². The molecule has 3 heteroatoms. The molecule has 0 bridgehead atoms. The lowest BCUT2D eigenvalue weighted by Gasteiger charge is -2.19. The van der Waals surface area contributed by atoms with Crippen LogP contribution in [0.4, 0.5) is 5.69 Å². The summed E-state index contributed by atoms with van der Waals surface area (Å²) in [6, 6.07) is 9.58. The quantitative estimate of drug-likeness (QED) is 0.764. The van der Waals surface area contributed by atoms with E-state index >= 15 is 0 Å². The zero-order valence-electron chi connectivity index (χ0n) is 10.1. The number of anilines is 1. The number of benzene rings is 1. The van der Waals surface area contributed by atoms with Crippen molar-refractivity contribution >= 4 is 17.4 Å². The van der Waals surface area contributed by atoms with E-state index in [4.69, 9.17) is 0 Å². The fourth-order valence-corrected chi connectivity index (χ4v) is 2.10. The average Bonchev–Trinajstić information content (AvgIpc) is 3.13. The van der Waals surface area contributed by atoms with Crippen molar-refractivity contribution in [3.05, 3.63) is 24.3 Å². The molecule has 1 aliphatic rings. The highest BCUT2D eigenvalue weighted by Gasteiger charge is 2.19. The highest BCUT2D eigenvalue weighted by atomic mass is 32.2. The largest absolute Gasteiger partial charge is 0.373 e. The van der Waals surface area contributed by atoms with Crippen molar-refractivity contribution in [1.29, 1.82) is 0 Å². The van der Waals surface area contributed by atoms with Gasteiger partial charge in [0.05, 0.1) is 0 Å². The van der Waals surface area contributed by atoms with Crippen LogP contribution in [0.25, 0.3) is 0 Å². The van der Waals surface area contributed by atoms with Gasteiger partial charge in [0.1, 0.15) is 0 Å². The maximum absolute atomic E-state index is 3.53. The predicted molar refractivity (Wildman–Crippen MR) is 72.5 cm³/mol. The Morgan fingerprint density at radius 1 is 1.31 bits per heavy atom. The minimum absolute atomic E-state index is 0.812. The third-order valence-corrected chi connectivity index (χ3v) is 3.71. The number of nitrogens with one attached hydrogen (secondary N) is 1. The number of hydrogen-bond donors (Lipinski definition) is 1. The monoisotopic (exact) mass is 236 g/mol. The molecule has 0 unspecified atom stereocenters. The summed E-state index contributed by atoms with van der Waals surface area (Å²) in [4.78, 5) is 3.63. The first kappa shape index (κ1) is 11.8. The van der Waals surface area contributed by atoms with Gasteiger partial charge in [-0.3, -0.25) is 0 Å². The molecule has 1 aromatic carbocycles. The van der Waals surface area contributed by atoms with Gasteiger partial charge in [0.2, 0.25) is 0 Å². The highest BCUT2D eigenvalue weighted by Crippen LogP contribution is 2.20. The van der Waals surface area contributed by atoms with Crippen LogP contribution < -0.4 is 10.2 Å². The Labute approximate surface area is 102 Å². The Morgan fingerprint density at radius 2 is 2.00 bits per heavy atom. The molecule has 0 saturated heterocycles. The summed E-state index contributed by atoms with van der Waals surface area (Å²) < 4.78 is 0. The molecule has 2 rings (SSSR count). The summed E-state index contributed by atoms with van der Waals surface area (Å²) in [5, 5.41) is 3.53. The Hall–Kier alpha value is -0.670. The van der Waals surface area contributed by atoms with Gasteiger partial charge in [-0.2, -0.15) is 0 Å². The van der Waals surface area contributed by atoms with Crippen LogP contribution in [0.3, 0.4) is 0 Å². The summed E-state index contributed by atoms with van der Waals surface area (Å²) in [7, 11) is 2.16. The van der Waals surface area contributed by atoms with E-state index in [1.54, 1.807) is 11.8 Å². The van der Waals surface area contributed by atoms with Crippen molar-refractivity contribution in [1.82, 2.24) is 5.32 Å². The van der Waals surface area contributed by atoms with Crippen LogP contribution in [-0.2, 0) is 0 Å². The van der Waals surface area contributed by atoms with Crippen LogP contribution in [0.1, 0.15) is 12.8 Å². The van der Waals surface area contributed by atoms with Gasteiger partial charge in [0, 0.05) is 36.8 Å². The summed E-state index contributed by atoms with van der Waals surface area (Å²) in [6.45, 7) is 2.17. The summed E-state index contributed by atoms with van der Waals surface area (Å²) in [6.07, 6.45) is 4.84. The van der Waals surface area contributed by atoms with E-state index in [1.165, 1.54) is 23.4 Å². The Bertz CT molecular complexity index is 319. The molecule has 0 heterocycles. The van der Waals surface area contributed by atoms with Gasteiger partial charge in [0.15, 0.2) is 0 Å². The van der Waals surface area contributed by atoms with Crippen molar-refractivity contribution in [2.75, 3.05) is 31.3 Å². The van der Waals surface area contributed by atoms with Crippen LogP contribution in [0.5, 0.6) is 0 Å². The molecule has 1 fully saturated rings. The molecule has 1 aromatic rings. The number of likely N-dealkylation sites (N-methyl/N-ethyl adjacent to an activating group) is 1. The molecule has 0 aliphatic heterocycles. The van der Waals surface area contributed by atoms with E-state index in [1.807, 2.05) is 0 Å². The van der Waals surface area contributed by atoms with E-state index in [0.717, 1.165) is 19.1 Å². The molecule has 88 valence electrons. The van der Waals surface area contributed by atoms with E-state index in [-0.39, 0.29) is 0 Å². The normalized spacial score (nSPS) is 15.1. The zero-order chi connectivity index (χ0) is 11.4. The van der Waals surface area contributed by atoms with E-state index in [9.17, 15) is 0 Å². The van der Waals surface area contributed by atoms with Crippen LogP contribution in [0.2, 0.25) is 0 Å². The number of thioether (sulfide) groups is 1. The summed E-state index contributed by atoms with van der Waals surface area (Å²) >= 11 is 1.79. The fourth-order valence-electron chi connectivity index (χ4n) is 1.69. The molecular formula is C13H20N2S. The van der Waals surface area contributed by atoms with Gasteiger partial charge >= 0.3 is 0 Å². The van der Waals surface area contributed by atoms with Crippen molar-refractivity contribution in [3.63, 3.8) is 0 Å². The lowest BCUT2D eigenvalue weighted by Crippen LogP contribution is -2.30. The molecule has 0 atom stereocenters. The second-order valence-electron chi connectivity index (χ2n) is 4.35. The van der Waals surface area contributed by atoms with Crippen LogP contribution in [-0.4, -0.2) is 32.4 Å². The van der Waals surface area contributed by atoms with E-state index in [0.29, 0.717) is 0 Å². The standard InChI is InChI=1S/C13H20N2S/c1-15(10-9-14-11-3-4-11)12-5-7-13(16-2)8-6-12/h5-8,11,14H,3-4,9-10H2,1-2H3. The van der Waals surface area contributed by atoms with Crippen LogP contribution in [0.15, 0.2) is 29.2 Å². The lowest BCUT2D eigenvalue weighted by atomic mass is 10.3. The lowest BCUT2D eigenvalue weighted by molar-refractivity contribution is 0.675. The molecule has 0 aromatic heterocycles. The fraction of sp³-hybridized carbons (Fsp3) is 0.538. The molecule has 1 N–H and O–H groups in total.